The summed E-state index contributed by atoms with van der Waals surface area (Å²) in [5, 5.41) is 7.69. The first-order chi connectivity index (χ1) is 7.20. The van der Waals surface area contributed by atoms with E-state index in [-0.39, 0.29) is 0 Å². The van der Waals surface area contributed by atoms with E-state index in [1.165, 1.54) is 11.3 Å². The van der Waals surface area contributed by atoms with Gasteiger partial charge in [-0.05, 0) is 19.9 Å². The van der Waals surface area contributed by atoms with Crippen LogP contribution in [0.5, 0.6) is 0 Å². The molecule has 1 N–H and O–H groups in total. The second-order valence-corrected chi connectivity index (χ2v) is 3.66. The standard InChI is InChI=1S/C12H19N3/c1-5-7-8-12(13-6-2)11-9-14-15(4)10(11)3/h1,9,12-13H,6-8H2,2-4H3. The number of nitrogens with zero attached hydrogens (tertiary/aromatic N) is 2. The molecule has 0 aliphatic rings. The average molecular weight is 205 g/mol. The summed E-state index contributed by atoms with van der Waals surface area (Å²) >= 11 is 0. The summed E-state index contributed by atoms with van der Waals surface area (Å²) in [4.78, 5) is 0. The van der Waals surface area contributed by atoms with Crippen molar-refractivity contribution < 1.29 is 0 Å². The maximum Gasteiger partial charge on any atom is 0.0540 e. The van der Waals surface area contributed by atoms with Crippen molar-refractivity contribution in [3.05, 3.63) is 17.5 Å². The Morgan fingerprint density at radius 1 is 1.67 bits per heavy atom. The van der Waals surface area contributed by atoms with E-state index in [1.54, 1.807) is 0 Å². The SMILES string of the molecule is C#CCCC(NCC)c1cnn(C)c1C. The lowest BCUT2D eigenvalue weighted by Crippen LogP contribution is -2.21. The van der Waals surface area contributed by atoms with Crippen LogP contribution in [0.2, 0.25) is 0 Å². The van der Waals surface area contributed by atoms with E-state index in [4.69, 9.17) is 6.42 Å². The number of aryl methyl sites for hydroxylation is 1. The minimum absolute atomic E-state index is 0.333. The molecule has 0 amide bonds. The van der Waals surface area contributed by atoms with Gasteiger partial charge in [0.1, 0.15) is 0 Å². The van der Waals surface area contributed by atoms with Gasteiger partial charge >= 0.3 is 0 Å². The Bertz CT molecular complexity index is 346. The molecule has 1 atom stereocenters. The third-order valence-corrected chi connectivity index (χ3v) is 2.68. The highest BCUT2D eigenvalue weighted by atomic mass is 15.3. The van der Waals surface area contributed by atoms with Crippen molar-refractivity contribution in [1.29, 1.82) is 0 Å². The normalized spacial score (nSPS) is 12.4. The maximum absolute atomic E-state index is 5.30. The van der Waals surface area contributed by atoms with E-state index in [9.17, 15) is 0 Å². The second kappa shape index (κ2) is 5.57. The Labute approximate surface area is 91.9 Å². The summed E-state index contributed by atoms with van der Waals surface area (Å²) in [6, 6.07) is 0.333. The highest BCUT2D eigenvalue weighted by molar-refractivity contribution is 5.20. The molecule has 0 bridgehead atoms. The van der Waals surface area contributed by atoms with Crippen molar-refractivity contribution in [3.63, 3.8) is 0 Å². The highest BCUT2D eigenvalue weighted by Crippen LogP contribution is 2.20. The van der Waals surface area contributed by atoms with Crippen LogP contribution in [-0.4, -0.2) is 16.3 Å². The molecule has 0 aromatic carbocycles. The third-order valence-electron chi connectivity index (χ3n) is 2.68. The number of aromatic nitrogens is 2. The third kappa shape index (κ3) is 2.84. The van der Waals surface area contributed by atoms with Crippen LogP contribution in [0.3, 0.4) is 0 Å². The molecule has 0 radical (unpaired) electrons. The fraction of sp³-hybridized carbons (Fsp3) is 0.583. The molecule has 0 aliphatic carbocycles. The second-order valence-electron chi connectivity index (χ2n) is 3.66. The summed E-state index contributed by atoms with van der Waals surface area (Å²) < 4.78 is 1.90. The van der Waals surface area contributed by atoms with Gasteiger partial charge in [-0.25, -0.2) is 0 Å². The molecule has 1 unspecified atom stereocenters. The fourth-order valence-corrected chi connectivity index (χ4v) is 1.70. The van der Waals surface area contributed by atoms with Crippen molar-refractivity contribution in [2.45, 2.75) is 32.7 Å². The van der Waals surface area contributed by atoms with Crippen LogP contribution in [0.25, 0.3) is 0 Å². The monoisotopic (exact) mass is 205 g/mol. The molecule has 1 aromatic rings. The Morgan fingerprint density at radius 3 is 2.87 bits per heavy atom. The zero-order chi connectivity index (χ0) is 11.3. The Kier molecular flexibility index (Phi) is 4.38. The van der Waals surface area contributed by atoms with E-state index in [1.807, 2.05) is 17.9 Å². The van der Waals surface area contributed by atoms with Gasteiger partial charge in [-0.15, -0.1) is 12.3 Å². The van der Waals surface area contributed by atoms with E-state index in [0.717, 1.165) is 19.4 Å². The van der Waals surface area contributed by atoms with Crippen LogP contribution in [-0.2, 0) is 7.05 Å². The number of hydrogen-bond donors (Lipinski definition) is 1. The quantitative estimate of drug-likeness (QED) is 0.743. The molecular formula is C12H19N3. The van der Waals surface area contributed by atoms with Crippen LogP contribution in [0.4, 0.5) is 0 Å². The van der Waals surface area contributed by atoms with Crippen LogP contribution in [0.15, 0.2) is 6.20 Å². The Hall–Kier alpha value is -1.27. The Morgan fingerprint density at radius 2 is 2.40 bits per heavy atom. The minimum Gasteiger partial charge on any atom is -0.310 e. The van der Waals surface area contributed by atoms with Crippen LogP contribution >= 0.6 is 0 Å². The smallest absolute Gasteiger partial charge is 0.0540 e. The van der Waals surface area contributed by atoms with Crippen LogP contribution < -0.4 is 5.32 Å². The van der Waals surface area contributed by atoms with Crippen molar-refractivity contribution >= 4 is 0 Å². The van der Waals surface area contributed by atoms with E-state index < -0.39 is 0 Å². The van der Waals surface area contributed by atoms with Crippen molar-refractivity contribution in [1.82, 2.24) is 15.1 Å². The molecule has 3 nitrogen and oxygen atoms in total. The largest absolute Gasteiger partial charge is 0.310 e. The van der Waals surface area contributed by atoms with E-state index in [2.05, 4.69) is 30.2 Å². The predicted molar refractivity (Wildman–Crippen MR) is 62.4 cm³/mol. The van der Waals surface area contributed by atoms with Gasteiger partial charge in [0.2, 0.25) is 0 Å². The molecular weight excluding hydrogens is 186 g/mol. The maximum atomic E-state index is 5.30. The van der Waals surface area contributed by atoms with Gasteiger partial charge < -0.3 is 5.32 Å². The summed E-state index contributed by atoms with van der Waals surface area (Å²) in [7, 11) is 1.96. The van der Waals surface area contributed by atoms with Gasteiger partial charge in [0, 0.05) is 30.8 Å². The van der Waals surface area contributed by atoms with E-state index >= 15 is 0 Å². The number of terminal acetylenes is 1. The highest BCUT2D eigenvalue weighted by Gasteiger charge is 2.14. The van der Waals surface area contributed by atoms with Gasteiger partial charge in [0.25, 0.3) is 0 Å². The Balaban J connectivity index is 2.79. The lowest BCUT2D eigenvalue weighted by atomic mass is 10.0. The lowest BCUT2D eigenvalue weighted by Gasteiger charge is -2.16. The molecule has 0 saturated carbocycles. The fourth-order valence-electron chi connectivity index (χ4n) is 1.70. The van der Waals surface area contributed by atoms with Gasteiger partial charge in [0.05, 0.1) is 6.20 Å². The van der Waals surface area contributed by atoms with Crippen LogP contribution in [0, 0.1) is 19.3 Å². The lowest BCUT2D eigenvalue weighted by molar-refractivity contribution is 0.519. The molecule has 1 aromatic heterocycles. The minimum atomic E-state index is 0.333. The summed E-state index contributed by atoms with van der Waals surface area (Å²) in [5.74, 6) is 2.69. The topological polar surface area (TPSA) is 29.9 Å². The van der Waals surface area contributed by atoms with Gasteiger partial charge in [0.15, 0.2) is 0 Å². The first-order valence-electron chi connectivity index (χ1n) is 5.36. The van der Waals surface area contributed by atoms with Crippen molar-refractivity contribution in [2.75, 3.05) is 6.54 Å². The molecule has 15 heavy (non-hydrogen) atoms. The molecule has 82 valence electrons. The first kappa shape index (κ1) is 11.8. The molecule has 1 heterocycles. The summed E-state index contributed by atoms with van der Waals surface area (Å²) in [5.41, 5.74) is 2.47. The number of hydrogen-bond acceptors (Lipinski definition) is 2. The first-order valence-corrected chi connectivity index (χ1v) is 5.36. The summed E-state index contributed by atoms with van der Waals surface area (Å²) in [6.07, 6.45) is 8.99. The van der Waals surface area contributed by atoms with Gasteiger partial charge in [-0.3, -0.25) is 4.68 Å². The zero-order valence-electron chi connectivity index (χ0n) is 9.75. The van der Waals surface area contributed by atoms with Crippen molar-refractivity contribution in [3.8, 4) is 12.3 Å². The van der Waals surface area contributed by atoms with Gasteiger partial charge in [-0.1, -0.05) is 6.92 Å². The summed E-state index contributed by atoms with van der Waals surface area (Å²) in [6.45, 7) is 5.14. The van der Waals surface area contributed by atoms with E-state index in [0.29, 0.717) is 6.04 Å². The molecule has 0 aliphatic heterocycles. The molecule has 0 saturated heterocycles. The zero-order valence-corrected chi connectivity index (χ0v) is 9.75. The molecule has 1 rings (SSSR count). The van der Waals surface area contributed by atoms with Crippen LogP contribution in [0.1, 0.15) is 37.1 Å². The number of rotatable bonds is 5. The van der Waals surface area contributed by atoms with Crippen molar-refractivity contribution in [2.24, 2.45) is 7.05 Å². The number of nitrogens with one attached hydrogen (secondary N) is 1. The van der Waals surface area contributed by atoms with Gasteiger partial charge in [-0.2, -0.15) is 5.10 Å². The molecule has 3 heteroatoms. The molecule has 0 spiro atoms. The average Bonchev–Trinajstić information content (AvgIpc) is 2.55. The predicted octanol–water partition coefficient (Wildman–Crippen LogP) is 1.79. The molecule has 0 fully saturated rings.